The fourth-order valence-corrected chi connectivity index (χ4v) is 2.88. The van der Waals surface area contributed by atoms with Crippen LogP contribution in [0.25, 0.3) is 0 Å². The highest BCUT2D eigenvalue weighted by molar-refractivity contribution is 7.92. The molecule has 0 bridgehead atoms. The molecule has 0 unspecified atom stereocenters. The van der Waals surface area contributed by atoms with E-state index in [1.54, 1.807) is 6.07 Å². The van der Waals surface area contributed by atoms with Crippen LogP contribution >= 0.6 is 0 Å². The van der Waals surface area contributed by atoms with Gasteiger partial charge in [-0.05, 0) is 30.3 Å². The monoisotopic (exact) mass is 309 g/mol. The van der Waals surface area contributed by atoms with Crippen LogP contribution in [0.1, 0.15) is 5.56 Å². The number of nitrogens with zero attached hydrogens (tertiary/aromatic N) is 1. The van der Waals surface area contributed by atoms with Gasteiger partial charge in [0.2, 0.25) is 0 Å². The molecule has 2 rings (SSSR count). The topological polar surface area (TPSA) is 96.0 Å². The molecule has 3 N–H and O–H groups in total. The van der Waals surface area contributed by atoms with Gasteiger partial charge in [0.05, 0.1) is 11.4 Å². The molecular weight excluding hydrogens is 300 g/mol. The number of hydrogen-bond donors (Lipinski definition) is 2. The van der Waals surface area contributed by atoms with Crippen molar-refractivity contribution in [3.05, 3.63) is 53.6 Å². The minimum Gasteiger partial charge on any atom is -0.398 e. The molecule has 5 nitrogen and oxygen atoms in total. The fraction of sp³-hybridized carbons (Fsp3) is 0. The minimum absolute atomic E-state index is 0.168. The first-order valence-electron chi connectivity index (χ1n) is 5.61. The van der Waals surface area contributed by atoms with E-state index in [9.17, 15) is 17.2 Å². The van der Waals surface area contributed by atoms with Crippen LogP contribution in [0.4, 0.5) is 20.2 Å². The molecule has 0 fully saturated rings. The molecule has 108 valence electrons. The fourth-order valence-electron chi connectivity index (χ4n) is 1.66. The van der Waals surface area contributed by atoms with E-state index in [0.29, 0.717) is 0 Å². The molecule has 0 spiro atoms. The minimum atomic E-state index is -4.25. The van der Waals surface area contributed by atoms with Crippen LogP contribution in [0.2, 0.25) is 0 Å². The maximum Gasteiger partial charge on any atom is 0.264 e. The summed E-state index contributed by atoms with van der Waals surface area (Å²) in [5.74, 6) is -1.66. The second kappa shape index (κ2) is 5.38. The summed E-state index contributed by atoms with van der Waals surface area (Å²) in [6.45, 7) is 0. The quantitative estimate of drug-likeness (QED) is 0.850. The Kier molecular flexibility index (Phi) is 3.78. The summed E-state index contributed by atoms with van der Waals surface area (Å²) in [6.07, 6.45) is 0. The van der Waals surface area contributed by atoms with Gasteiger partial charge >= 0.3 is 0 Å². The highest BCUT2D eigenvalue weighted by Crippen LogP contribution is 2.25. The number of anilines is 2. The SMILES string of the molecule is N#Cc1c(F)cccc1NS(=O)(=O)c1cc(F)ccc1N. The van der Waals surface area contributed by atoms with Gasteiger partial charge in [0.1, 0.15) is 28.2 Å². The van der Waals surface area contributed by atoms with Gasteiger partial charge < -0.3 is 5.73 Å². The maximum absolute atomic E-state index is 13.4. The van der Waals surface area contributed by atoms with Crippen LogP contribution < -0.4 is 10.5 Å². The largest absolute Gasteiger partial charge is 0.398 e. The summed E-state index contributed by atoms with van der Waals surface area (Å²) in [4.78, 5) is -0.490. The Hall–Kier alpha value is -2.66. The maximum atomic E-state index is 13.4. The number of nitrogens with one attached hydrogen (secondary N) is 1. The van der Waals surface area contributed by atoms with Gasteiger partial charge in [0.15, 0.2) is 0 Å². The number of hydrogen-bond acceptors (Lipinski definition) is 4. The number of halogens is 2. The van der Waals surface area contributed by atoms with Gasteiger partial charge in [-0.25, -0.2) is 17.2 Å². The molecular formula is C13H9F2N3O2S. The molecule has 21 heavy (non-hydrogen) atoms. The van der Waals surface area contributed by atoms with Crippen LogP contribution in [-0.2, 0) is 10.0 Å². The van der Waals surface area contributed by atoms with Crippen molar-refractivity contribution in [3.8, 4) is 6.07 Å². The number of rotatable bonds is 3. The molecule has 0 aliphatic heterocycles. The summed E-state index contributed by atoms with van der Waals surface area (Å²) in [7, 11) is -4.25. The molecule has 0 radical (unpaired) electrons. The molecule has 0 saturated carbocycles. The van der Waals surface area contributed by atoms with Crippen LogP contribution in [0.3, 0.4) is 0 Å². The van der Waals surface area contributed by atoms with Gasteiger partial charge in [-0.3, -0.25) is 4.72 Å². The van der Waals surface area contributed by atoms with Crippen molar-refractivity contribution in [2.24, 2.45) is 0 Å². The average Bonchev–Trinajstić information content (AvgIpc) is 2.41. The second-order valence-corrected chi connectivity index (χ2v) is 5.71. The summed E-state index contributed by atoms with van der Waals surface area (Å²) in [6, 6.07) is 7.88. The Bertz CT molecular complexity index is 845. The van der Waals surface area contributed by atoms with E-state index in [1.807, 2.05) is 4.72 Å². The van der Waals surface area contributed by atoms with Crippen molar-refractivity contribution in [3.63, 3.8) is 0 Å². The lowest BCUT2D eigenvalue weighted by Crippen LogP contribution is -2.16. The number of benzene rings is 2. The molecule has 0 aromatic heterocycles. The lowest BCUT2D eigenvalue weighted by Gasteiger charge is -2.11. The van der Waals surface area contributed by atoms with Crippen LogP contribution in [-0.4, -0.2) is 8.42 Å². The summed E-state index contributed by atoms with van der Waals surface area (Å²) >= 11 is 0. The van der Waals surface area contributed by atoms with E-state index in [-0.39, 0.29) is 11.4 Å². The van der Waals surface area contributed by atoms with Crippen molar-refractivity contribution >= 4 is 21.4 Å². The lowest BCUT2D eigenvalue weighted by atomic mass is 10.2. The summed E-state index contributed by atoms with van der Waals surface area (Å²) in [5.41, 5.74) is 4.63. The third kappa shape index (κ3) is 2.93. The van der Waals surface area contributed by atoms with E-state index in [0.717, 1.165) is 24.3 Å². The summed E-state index contributed by atoms with van der Waals surface area (Å²) in [5, 5.41) is 8.86. The molecule has 2 aromatic carbocycles. The molecule has 0 saturated heterocycles. The van der Waals surface area contributed by atoms with Gasteiger partial charge in [0.25, 0.3) is 10.0 Å². The zero-order valence-corrected chi connectivity index (χ0v) is 11.3. The molecule has 8 heteroatoms. The standard InChI is InChI=1S/C13H9F2N3O2S/c14-8-4-5-11(17)13(6-8)21(19,20)18-12-3-1-2-10(15)9(12)7-16/h1-6,18H,17H2. The zero-order chi connectivity index (χ0) is 15.6. The van der Waals surface area contributed by atoms with Crippen LogP contribution in [0.5, 0.6) is 0 Å². The van der Waals surface area contributed by atoms with Crippen molar-refractivity contribution in [2.45, 2.75) is 4.90 Å². The predicted molar refractivity (Wildman–Crippen MR) is 72.7 cm³/mol. The third-order valence-electron chi connectivity index (χ3n) is 2.63. The Balaban J connectivity index is 2.51. The first-order chi connectivity index (χ1) is 9.85. The number of nitriles is 1. The Morgan fingerprint density at radius 1 is 1.19 bits per heavy atom. The van der Waals surface area contributed by atoms with Gasteiger partial charge in [-0.2, -0.15) is 5.26 Å². The summed E-state index contributed by atoms with van der Waals surface area (Å²) < 4.78 is 53.0. The van der Waals surface area contributed by atoms with Crippen molar-refractivity contribution < 1.29 is 17.2 Å². The van der Waals surface area contributed by atoms with E-state index < -0.39 is 32.1 Å². The lowest BCUT2D eigenvalue weighted by molar-refractivity contribution is 0.595. The molecule has 0 aliphatic carbocycles. The average molecular weight is 309 g/mol. The van der Waals surface area contributed by atoms with E-state index in [1.165, 1.54) is 12.1 Å². The predicted octanol–water partition coefficient (Wildman–Crippen LogP) is 2.22. The van der Waals surface area contributed by atoms with Crippen molar-refractivity contribution in [1.82, 2.24) is 0 Å². The van der Waals surface area contributed by atoms with Crippen molar-refractivity contribution in [2.75, 3.05) is 10.5 Å². The Morgan fingerprint density at radius 2 is 1.90 bits per heavy atom. The number of sulfonamides is 1. The van der Waals surface area contributed by atoms with Crippen LogP contribution in [0, 0.1) is 23.0 Å². The highest BCUT2D eigenvalue weighted by atomic mass is 32.2. The van der Waals surface area contributed by atoms with E-state index in [4.69, 9.17) is 11.0 Å². The smallest absolute Gasteiger partial charge is 0.264 e. The Morgan fingerprint density at radius 3 is 2.57 bits per heavy atom. The molecule has 2 aromatic rings. The Labute approximate surface area is 119 Å². The molecule has 0 atom stereocenters. The zero-order valence-electron chi connectivity index (χ0n) is 10.5. The molecule has 0 amide bonds. The van der Waals surface area contributed by atoms with Gasteiger partial charge in [-0.1, -0.05) is 6.07 Å². The first kappa shape index (κ1) is 14.7. The van der Waals surface area contributed by atoms with Crippen molar-refractivity contribution in [1.29, 1.82) is 5.26 Å². The third-order valence-corrected chi connectivity index (χ3v) is 4.06. The number of nitrogen functional groups attached to an aromatic ring is 1. The van der Waals surface area contributed by atoms with Gasteiger partial charge in [-0.15, -0.1) is 0 Å². The first-order valence-corrected chi connectivity index (χ1v) is 7.10. The van der Waals surface area contributed by atoms with Crippen LogP contribution in [0.15, 0.2) is 41.3 Å². The molecule has 0 heterocycles. The van der Waals surface area contributed by atoms with E-state index in [2.05, 4.69) is 0 Å². The normalized spacial score (nSPS) is 10.9. The second-order valence-electron chi connectivity index (χ2n) is 4.06. The van der Waals surface area contributed by atoms with E-state index >= 15 is 0 Å². The molecule has 0 aliphatic rings. The van der Waals surface area contributed by atoms with Gasteiger partial charge in [0, 0.05) is 0 Å². The number of nitrogens with two attached hydrogens (primary N) is 1. The highest BCUT2D eigenvalue weighted by Gasteiger charge is 2.20.